The maximum Gasteiger partial charge on any atom is 0.0299 e. The first-order chi connectivity index (χ1) is 8.27. The van der Waals surface area contributed by atoms with Crippen LogP contribution >= 0.6 is 0 Å². The number of nitrogens with one attached hydrogen (secondary N) is 1. The van der Waals surface area contributed by atoms with E-state index in [1.165, 1.54) is 30.4 Å². The van der Waals surface area contributed by atoms with E-state index in [4.69, 9.17) is 0 Å². The zero-order valence-electron chi connectivity index (χ0n) is 11.5. The van der Waals surface area contributed by atoms with E-state index < -0.39 is 0 Å². The van der Waals surface area contributed by atoms with Gasteiger partial charge in [-0.1, -0.05) is 31.4 Å². The highest BCUT2D eigenvalue weighted by molar-refractivity contribution is 5.59. The smallest absolute Gasteiger partial charge is 0.0299 e. The van der Waals surface area contributed by atoms with Crippen LogP contribution in [0.4, 0.5) is 0 Å². The van der Waals surface area contributed by atoms with Crippen molar-refractivity contribution >= 4 is 6.21 Å². The van der Waals surface area contributed by atoms with Crippen molar-refractivity contribution in [1.29, 1.82) is 0 Å². The Morgan fingerprint density at radius 2 is 2.24 bits per heavy atom. The molecule has 1 heterocycles. The number of hydrogen-bond donors (Lipinski definition) is 1. The molecule has 2 nitrogen and oxygen atoms in total. The third kappa shape index (κ3) is 5.31. The van der Waals surface area contributed by atoms with Gasteiger partial charge >= 0.3 is 0 Å². The molecule has 0 saturated carbocycles. The summed E-state index contributed by atoms with van der Waals surface area (Å²) < 4.78 is 0. The summed E-state index contributed by atoms with van der Waals surface area (Å²) in [6.45, 7) is 4.45. The van der Waals surface area contributed by atoms with E-state index in [1.54, 1.807) is 0 Å². The van der Waals surface area contributed by atoms with Gasteiger partial charge in [0.15, 0.2) is 0 Å². The quantitative estimate of drug-likeness (QED) is 0.741. The van der Waals surface area contributed by atoms with Gasteiger partial charge in [-0.05, 0) is 45.2 Å². The summed E-state index contributed by atoms with van der Waals surface area (Å²) in [5, 5.41) is 3.42. The van der Waals surface area contributed by atoms with Crippen LogP contribution in [-0.2, 0) is 0 Å². The van der Waals surface area contributed by atoms with Gasteiger partial charge in [0.2, 0.25) is 0 Å². The summed E-state index contributed by atoms with van der Waals surface area (Å²) >= 11 is 0. The SMILES string of the molecule is CCCCC(CC1=C/N=C\CC\C=C\1C)NC. The van der Waals surface area contributed by atoms with Gasteiger partial charge in [-0.2, -0.15) is 0 Å². The van der Waals surface area contributed by atoms with Gasteiger partial charge in [0.25, 0.3) is 0 Å². The predicted molar refractivity (Wildman–Crippen MR) is 76.6 cm³/mol. The summed E-state index contributed by atoms with van der Waals surface area (Å²) in [5.74, 6) is 0. The van der Waals surface area contributed by atoms with Gasteiger partial charge in [-0.25, -0.2) is 0 Å². The van der Waals surface area contributed by atoms with Crippen molar-refractivity contribution < 1.29 is 0 Å². The fraction of sp³-hybridized carbons (Fsp3) is 0.667. The molecule has 0 spiro atoms. The molecule has 0 aliphatic carbocycles. The van der Waals surface area contributed by atoms with Crippen LogP contribution in [0.3, 0.4) is 0 Å². The molecule has 1 N–H and O–H groups in total. The molecule has 0 fully saturated rings. The van der Waals surface area contributed by atoms with E-state index in [0.29, 0.717) is 6.04 Å². The zero-order chi connectivity index (χ0) is 12.5. The van der Waals surface area contributed by atoms with Crippen molar-refractivity contribution in [1.82, 2.24) is 5.32 Å². The van der Waals surface area contributed by atoms with E-state index in [9.17, 15) is 0 Å². The normalized spacial score (nSPS) is 26.1. The number of hydrogen-bond acceptors (Lipinski definition) is 2. The second-order valence-corrected chi connectivity index (χ2v) is 4.78. The van der Waals surface area contributed by atoms with Crippen molar-refractivity contribution in [3.63, 3.8) is 0 Å². The van der Waals surface area contributed by atoms with E-state index in [2.05, 4.69) is 37.3 Å². The lowest BCUT2D eigenvalue weighted by atomic mass is 9.96. The molecule has 0 amide bonds. The van der Waals surface area contributed by atoms with E-state index >= 15 is 0 Å². The van der Waals surface area contributed by atoms with Crippen molar-refractivity contribution in [2.24, 2.45) is 4.99 Å². The highest BCUT2D eigenvalue weighted by atomic mass is 14.9. The van der Waals surface area contributed by atoms with E-state index in [1.807, 2.05) is 12.4 Å². The van der Waals surface area contributed by atoms with Gasteiger partial charge in [0.05, 0.1) is 0 Å². The largest absolute Gasteiger partial charge is 0.317 e. The molecule has 1 aliphatic heterocycles. The minimum atomic E-state index is 0.583. The minimum absolute atomic E-state index is 0.583. The molecule has 0 aromatic carbocycles. The average molecular weight is 234 g/mol. The van der Waals surface area contributed by atoms with Crippen LogP contribution < -0.4 is 5.32 Å². The lowest BCUT2D eigenvalue weighted by molar-refractivity contribution is 0.498. The first-order valence-electron chi connectivity index (χ1n) is 6.83. The monoisotopic (exact) mass is 234 g/mol. The number of unbranched alkanes of at least 4 members (excludes halogenated alkanes) is 1. The number of nitrogens with zero attached hydrogens (tertiary/aromatic N) is 1. The molecule has 2 heteroatoms. The fourth-order valence-corrected chi connectivity index (χ4v) is 2.10. The van der Waals surface area contributed by atoms with Crippen LogP contribution in [0.15, 0.2) is 28.4 Å². The Balaban J connectivity index is 2.62. The molecule has 0 radical (unpaired) electrons. The van der Waals surface area contributed by atoms with Crippen LogP contribution in [0.25, 0.3) is 0 Å². The number of aliphatic imine (C=N–C) groups is 1. The predicted octanol–water partition coefficient (Wildman–Crippen LogP) is 3.85. The molecule has 17 heavy (non-hydrogen) atoms. The van der Waals surface area contributed by atoms with Crippen LogP contribution in [0.2, 0.25) is 0 Å². The first kappa shape index (κ1) is 14.2. The van der Waals surface area contributed by atoms with Crippen LogP contribution in [0.1, 0.15) is 52.4 Å². The molecular weight excluding hydrogens is 208 g/mol. The molecule has 1 unspecified atom stereocenters. The Labute approximate surface area is 106 Å². The summed E-state index contributed by atoms with van der Waals surface area (Å²) in [7, 11) is 2.06. The highest BCUT2D eigenvalue weighted by Gasteiger charge is 2.10. The molecule has 1 atom stereocenters. The van der Waals surface area contributed by atoms with Crippen molar-refractivity contribution in [2.75, 3.05) is 7.05 Å². The minimum Gasteiger partial charge on any atom is -0.317 e. The Morgan fingerprint density at radius 3 is 2.94 bits per heavy atom. The molecule has 1 rings (SSSR count). The highest BCUT2D eigenvalue weighted by Crippen LogP contribution is 2.20. The number of rotatable bonds is 6. The third-order valence-corrected chi connectivity index (χ3v) is 3.37. The van der Waals surface area contributed by atoms with Crippen molar-refractivity contribution in [3.8, 4) is 0 Å². The second-order valence-electron chi connectivity index (χ2n) is 4.78. The van der Waals surface area contributed by atoms with Gasteiger partial charge in [-0.15, -0.1) is 0 Å². The van der Waals surface area contributed by atoms with Gasteiger partial charge in [0, 0.05) is 18.5 Å². The third-order valence-electron chi connectivity index (χ3n) is 3.37. The first-order valence-corrected chi connectivity index (χ1v) is 6.83. The Hall–Kier alpha value is -0.890. The molecular formula is C15H26N2. The summed E-state index contributed by atoms with van der Waals surface area (Å²) in [6, 6.07) is 0.583. The Morgan fingerprint density at radius 1 is 1.41 bits per heavy atom. The molecule has 0 bridgehead atoms. The lowest BCUT2D eigenvalue weighted by Crippen LogP contribution is -2.25. The van der Waals surface area contributed by atoms with Gasteiger partial charge in [0.1, 0.15) is 0 Å². The molecule has 0 aromatic heterocycles. The number of allylic oxidation sites excluding steroid dienone is 2. The molecule has 96 valence electrons. The molecule has 0 saturated heterocycles. The van der Waals surface area contributed by atoms with Crippen LogP contribution in [0.5, 0.6) is 0 Å². The van der Waals surface area contributed by atoms with Crippen LogP contribution in [0, 0.1) is 0 Å². The average Bonchev–Trinajstić information content (AvgIpc) is 2.33. The van der Waals surface area contributed by atoms with Crippen molar-refractivity contribution in [2.45, 2.75) is 58.4 Å². The molecule has 1 aliphatic rings. The summed E-state index contributed by atoms with van der Waals surface area (Å²) in [4.78, 5) is 4.37. The van der Waals surface area contributed by atoms with Crippen molar-refractivity contribution in [3.05, 3.63) is 23.4 Å². The second kappa shape index (κ2) is 8.24. The summed E-state index contributed by atoms with van der Waals surface area (Å²) in [5.41, 5.74) is 2.79. The topological polar surface area (TPSA) is 24.4 Å². The van der Waals surface area contributed by atoms with Crippen LogP contribution in [-0.4, -0.2) is 19.3 Å². The Kier molecular flexibility index (Phi) is 6.87. The molecule has 0 aromatic rings. The zero-order valence-corrected chi connectivity index (χ0v) is 11.5. The maximum absolute atomic E-state index is 4.37. The standard InChI is InChI=1S/C15H26N2/c1-4-5-9-15(16-3)11-14-12-17-10-7-6-8-13(14)2/h8,10,12,15-16H,4-7,9,11H2,1-3H3/b13-8+,14-12-,17-10-. The maximum atomic E-state index is 4.37. The summed E-state index contributed by atoms with van der Waals surface area (Å²) in [6.07, 6.45) is 13.5. The lowest BCUT2D eigenvalue weighted by Gasteiger charge is -2.18. The van der Waals surface area contributed by atoms with Gasteiger partial charge < -0.3 is 5.32 Å². The fourth-order valence-electron chi connectivity index (χ4n) is 2.10. The van der Waals surface area contributed by atoms with Gasteiger partial charge in [-0.3, -0.25) is 4.99 Å². The van der Waals surface area contributed by atoms with E-state index in [-0.39, 0.29) is 0 Å². The Bertz CT molecular complexity index is 300. The van der Waals surface area contributed by atoms with E-state index in [0.717, 1.165) is 19.3 Å².